The number of alkyl halides is 2. The van der Waals surface area contributed by atoms with Gasteiger partial charge in [0, 0.05) is 37.4 Å². The number of amides is 1. The number of nitrogens with zero attached hydrogens (tertiary/aromatic N) is 6. The molecule has 0 saturated heterocycles. The lowest BCUT2D eigenvalue weighted by molar-refractivity contribution is 0.0135. The van der Waals surface area contributed by atoms with Crippen LogP contribution in [-0.2, 0) is 13.0 Å². The zero-order chi connectivity index (χ0) is 25.3. The largest absolute Gasteiger partial charge is 0.344 e. The van der Waals surface area contributed by atoms with Crippen molar-refractivity contribution in [3.05, 3.63) is 88.0 Å². The number of hydrogen-bond donors (Lipinski definition) is 1. The SMILES string of the molecule is C[C@@H](NC(=O)c1ccc(=O)n(-c2cncc(-c3cnnn3C)c2)n1)c1cccc(C(C)(F)F)c1F. The van der Waals surface area contributed by atoms with Crippen LogP contribution < -0.4 is 10.9 Å². The van der Waals surface area contributed by atoms with E-state index in [1.54, 1.807) is 19.3 Å². The van der Waals surface area contributed by atoms with Crippen LogP contribution in [0.15, 0.2) is 59.8 Å². The fraction of sp³-hybridized carbons (Fsp3) is 0.217. The second-order valence-electron chi connectivity index (χ2n) is 7.94. The number of nitrogens with one attached hydrogen (secondary N) is 1. The van der Waals surface area contributed by atoms with Gasteiger partial charge in [0.1, 0.15) is 11.5 Å². The highest BCUT2D eigenvalue weighted by molar-refractivity contribution is 5.92. The molecule has 12 heteroatoms. The molecule has 0 saturated carbocycles. The number of carbonyl (C=O) groups excluding carboxylic acids is 1. The number of pyridine rings is 1. The van der Waals surface area contributed by atoms with Gasteiger partial charge in [0.05, 0.1) is 35.4 Å². The molecule has 0 aliphatic heterocycles. The van der Waals surface area contributed by atoms with E-state index in [0.717, 1.165) is 16.8 Å². The second kappa shape index (κ2) is 9.12. The van der Waals surface area contributed by atoms with E-state index in [2.05, 4.69) is 25.7 Å². The summed E-state index contributed by atoms with van der Waals surface area (Å²) < 4.78 is 44.6. The van der Waals surface area contributed by atoms with Crippen LogP contribution in [0.5, 0.6) is 0 Å². The fourth-order valence-corrected chi connectivity index (χ4v) is 3.52. The Labute approximate surface area is 197 Å². The molecule has 4 rings (SSSR count). The lowest BCUT2D eigenvalue weighted by Gasteiger charge is -2.19. The molecule has 0 aliphatic rings. The van der Waals surface area contributed by atoms with E-state index >= 15 is 0 Å². The zero-order valence-electron chi connectivity index (χ0n) is 18.9. The Balaban J connectivity index is 1.62. The maximum atomic E-state index is 14.7. The molecule has 3 heterocycles. The molecule has 0 spiro atoms. The number of benzene rings is 1. The third kappa shape index (κ3) is 4.81. The van der Waals surface area contributed by atoms with Crippen molar-refractivity contribution < 1.29 is 18.0 Å². The highest BCUT2D eigenvalue weighted by atomic mass is 19.3. The van der Waals surface area contributed by atoms with Crippen LogP contribution in [0.2, 0.25) is 0 Å². The number of hydrogen-bond acceptors (Lipinski definition) is 6. The molecule has 4 aromatic rings. The smallest absolute Gasteiger partial charge is 0.273 e. The first-order chi connectivity index (χ1) is 16.6. The van der Waals surface area contributed by atoms with Gasteiger partial charge >= 0.3 is 0 Å². The van der Waals surface area contributed by atoms with Crippen LogP contribution in [0.25, 0.3) is 16.9 Å². The Kier molecular flexibility index (Phi) is 6.20. The van der Waals surface area contributed by atoms with Crippen LogP contribution in [0.1, 0.15) is 41.5 Å². The molecular formula is C23H20F3N7O2. The minimum Gasteiger partial charge on any atom is -0.344 e. The number of rotatable bonds is 6. The lowest BCUT2D eigenvalue weighted by Crippen LogP contribution is -2.31. The van der Waals surface area contributed by atoms with Gasteiger partial charge in [-0.25, -0.2) is 17.9 Å². The average Bonchev–Trinajstić information content (AvgIpc) is 3.24. The van der Waals surface area contributed by atoms with Crippen LogP contribution in [-0.4, -0.2) is 35.7 Å². The van der Waals surface area contributed by atoms with E-state index in [1.807, 2.05) is 0 Å². The minimum absolute atomic E-state index is 0.104. The van der Waals surface area contributed by atoms with Crippen LogP contribution in [0, 0.1) is 5.82 Å². The monoisotopic (exact) mass is 483 g/mol. The first kappa shape index (κ1) is 23.8. The molecule has 0 radical (unpaired) electrons. The lowest BCUT2D eigenvalue weighted by atomic mass is 10.0. The number of aromatic nitrogens is 6. The van der Waals surface area contributed by atoms with Gasteiger partial charge in [0.15, 0.2) is 0 Å². The Morgan fingerprint density at radius 2 is 1.91 bits per heavy atom. The summed E-state index contributed by atoms with van der Waals surface area (Å²) in [6, 6.07) is 6.66. The van der Waals surface area contributed by atoms with Gasteiger partial charge in [-0.3, -0.25) is 14.6 Å². The molecule has 180 valence electrons. The summed E-state index contributed by atoms with van der Waals surface area (Å²) in [6.45, 7) is 2.06. The Morgan fingerprint density at radius 1 is 1.14 bits per heavy atom. The van der Waals surface area contributed by atoms with Gasteiger partial charge in [-0.2, -0.15) is 9.78 Å². The fourth-order valence-electron chi connectivity index (χ4n) is 3.52. The summed E-state index contributed by atoms with van der Waals surface area (Å²) in [5, 5.41) is 14.3. The summed E-state index contributed by atoms with van der Waals surface area (Å²) in [6.07, 6.45) is 4.50. The summed E-state index contributed by atoms with van der Waals surface area (Å²) in [5.41, 5.74) is 0.0424. The summed E-state index contributed by atoms with van der Waals surface area (Å²) >= 11 is 0. The maximum Gasteiger partial charge on any atom is 0.273 e. The van der Waals surface area contributed by atoms with Crippen molar-refractivity contribution in [1.29, 1.82) is 0 Å². The van der Waals surface area contributed by atoms with E-state index in [1.165, 1.54) is 42.2 Å². The van der Waals surface area contributed by atoms with Gasteiger partial charge in [0.2, 0.25) is 0 Å². The molecule has 1 amide bonds. The molecule has 0 unspecified atom stereocenters. The molecule has 1 aromatic carbocycles. The van der Waals surface area contributed by atoms with Gasteiger partial charge in [-0.15, -0.1) is 5.10 Å². The molecule has 0 fully saturated rings. The van der Waals surface area contributed by atoms with E-state index in [-0.39, 0.29) is 11.3 Å². The topological polar surface area (TPSA) is 108 Å². The molecule has 0 aliphatic carbocycles. The molecule has 35 heavy (non-hydrogen) atoms. The van der Waals surface area contributed by atoms with Crippen molar-refractivity contribution in [2.45, 2.75) is 25.8 Å². The summed E-state index contributed by atoms with van der Waals surface area (Å²) in [5.74, 6) is -5.20. The number of halogens is 3. The normalized spacial score (nSPS) is 12.4. The van der Waals surface area contributed by atoms with Gasteiger partial charge in [-0.05, 0) is 19.1 Å². The van der Waals surface area contributed by atoms with E-state index in [0.29, 0.717) is 23.9 Å². The third-order valence-electron chi connectivity index (χ3n) is 5.33. The molecule has 9 nitrogen and oxygen atoms in total. The maximum absolute atomic E-state index is 14.7. The molecule has 1 N–H and O–H groups in total. The van der Waals surface area contributed by atoms with Crippen molar-refractivity contribution >= 4 is 5.91 Å². The number of carbonyl (C=O) groups is 1. The number of aryl methyl sites for hydroxylation is 1. The molecule has 0 bridgehead atoms. The Hall–Kier alpha value is -4.35. The summed E-state index contributed by atoms with van der Waals surface area (Å²) in [4.78, 5) is 29.4. The first-order valence-corrected chi connectivity index (χ1v) is 10.4. The standard InChI is InChI=1S/C23H20F3N7O2/c1-13(16-5-4-6-17(21(16)24)23(2,25)26)29-22(35)18-7-8-20(34)33(30-18)15-9-14(10-27-11-15)19-12-28-31-32(19)3/h4-13H,1-3H3,(H,29,35)/t13-/m1/s1. The van der Waals surface area contributed by atoms with Gasteiger partial charge in [0.25, 0.3) is 17.4 Å². The van der Waals surface area contributed by atoms with Crippen LogP contribution in [0.3, 0.4) is 0 Å². The Morgan fingerprint density at radius 3 is 2.60 bits per heavy atom. The first-order valence-electron chi connectivity index (χ1n) is 10.4. The Bertz CT molecular complexity index is 1460. The van der Waals surface area contributed by atoms with Crippen molar-refractivity contribution in [2.24, 2.45) is 7.05 Å². The van der Waals surface area contributed by atoms with Crippen molar-refractivity contribution in [3.8, 4) is 16.9 Å². The minimum atomic E-state index is -3.38. The van der Waals surface area contributed by atoms with Crippen molar-refractivity contribution in [2.75, 3.05) is 0 Å². The van der Waals surface area contributed by atoms with Crippen LogP contribution in [0.4, 0.5) is 13.2 Å². The summed E-state index contributed by atoms with van der Waals surface area (Å²) in [7, 11) is 1.70. The van der Waals surface area contributed by atoms with E-state index in [9.17, 15) is 22.8 Å². The van der Waals surface area contributed by atoms with Crippen LogP contribution >= 0.6 is 0 Å². The zero-order valence-corrected chi connectivity index (χ0v) is 18.9. The third-order valence-corrected chi connectivity index (χ3v) is 5.33. The second-order valence-corrected chi connectivity index (χ2v) is 7.94. The van der Waals surface area contributed by atoms with E-state index in [4.69, 9.17) is 0 Å². The highest BCUT2D eigenvalue weighted by Gasteiger charge is 2.30. The average molecular weight is 483 g/mol. The molecule has 3 aromatic heterocycles. The quantitative estimate of drug-likeness (QED) is 0.452. The van der Waals surface area contributed by atoms with Crippen molar-refractivity contribution in [3.63, 3.8) is 0 Å². The van der Waals surface area contributed by atoms with Gasteiger partial charge < -0.3 is 5.32 Å². The van der Waals surface area contributed by atoms with Crippen molar-refractivity contribution in [1.82, 2.24) is 35.1 Å². The highest BCUT2D eigenvalue weighted by Crippen LogP contribution is 2.32. The molecular weight excluding hydrogens is 463 g/mol. The predicted molar refractivity (Wildman–Crippen MR) is 119 cm³/mol. The predicted octanol–water partition coefficient (Wildman–Crippen LogP) is 3.16. The van der Waals surface area contributed by atoms with Gasteiger partial charge in [-0.1, -0.05) is 23.4 Å². The van der Waals surface area contributed by atoms with E-state index < -0.39 is 34.8 Å². The molecule has 1 atom stereocenters.